The SMILES string of the molecule is CCNC1C(=O)Nc2c(Cl)ccc(OC)c21. The number of rotatable bonds is 3. The summed E-state index contributed by atoms with van der Waals surface area (Å²) in [6.45, 7) is 2.65. The minimum atomic E-state index is -0.381. The molecule has 0 spiro atoms. The van der Waals surface area contributed by atoms with Gasteiger partial charge in [0, 0.05) is 5.56 Å². The van der Waals surface area contributed by atoms with E-state index < -0.39 is 0 Å². The number of ether oxygens (including phenoxy) is 1. The molecule has 5 heteroatoms. The van der Waals surface area contributed by atoms with Crippen molar-refractivity contribution in [1.29, 1.82) is 0 Å². The molecule has 2 rings (SSSR count). The number of anilines is 1. The van der Waals surface area contributed by atoms with Gasteiger partial charge < -0.3 is 15.4 Å². The lowest BCUT2D eigenvalue weighted by Gasteiger charge is -2.13. The van der Waals surface area contributed by atoms with E-state index in [1.165, 1.54) is 0 Å². The van der Waals surface area contributed by atoms with Gasteiger partial charge in [-0.15, -0.1) is 0 Å². The van der Waals surface area contributed by atoms with Crippen LogP contribution in [0.2, 0.25) is 5.02 Å². The number of benzene rings is 1. The molecule has 1 aliphatic rings. The molecule has 1 aromatic rings. The van der Waals surface area contributed by atoms with Crippen molar-refractivity contribution in [2.75, 3.05) is 19.0 Å². The Hall–Kier alpha value is -1.26. The highest BCUT2D eigenvalue weighted by Crippen LogP contribution is 2.42. The van der Waals surface area contributed by atoms with Crippen LogP contribution in [0.5, 0.6) is 5.75 Å². The summed E-state index contributed by atoms with van der Waals surface area (Å²) in [5.41, 5.74) is 1.44. The highest BCUT2D eigenvalue weighted by Gasteiger charge is 2.34. The van der Waals surface area contributed by atoms with Crippen molar-refractivity contribution in [3.05, 3.63) is 22.7 Å². The molecule has 0 aromatic heterocycles. The Kier molecular flexibility index (Phi) is 3.03. The molecule has 1 heterocycles. The molecule has 0 saturated carbocycles. The van der Waals surface area contributed by atoms with Crippen molar-refractivity contribution >= 4 is 23.2 Å². The van der Waals surface area contributed by atoms with Crippen LogP contribution in [-0.4, -0.2) is 19.6 Å². The second-order valence-corrected chi connectivity index (χ2v) is 3.93. The summed E-state index contributed by atoms with van der Waals surface area (Å²) in [7, 11) is 1.58. The first-order valence-corrected chi connectivity index (χ1v) is 5.47. The molecular formula is C11H13ClN2O2. The summed E-state index contributed by atoms with van der Waals surface area (Å²) >= 11 is 6.03. The van der Waals surface area contributed by atoms with Crippen LogP contribution in [0.25, 0.3) is 0 Å². The van der Waals surface area contributed by atoms with Crippen molar-refractivity contribution in [2.24, 2.45) is 0 Å². The van der Waals surface area contributed by atoms with Crippen molar-refractivity contribution in [1.82, 2.24) is 5.32 Å². The van der Waals surface area contributed by atoms with Crippen LogP contribution in [0.3, 0.4) is 0 Å². The van der Waals surface area contributed by atoms with Gasteiger partial charge in [0.2, 0.25) is 5.91 Å². The molecular weight excluding hydrogens is 228 g/mol. The zero-order chi connectivity index (χ0) is 11.7. The zero-order valence-electron chi connectivity index (χ0n) is 9.13. The predicted molar refractivity (Wildman–Crippen MR) is 63.1 cm³/mol. The van der Waals surface area contributed by atoms with Gasteiger partial charge in [0.1, 0.15) is 11.8 Å². The summed E-state index contributed by atoms with van der Waals surface area (Å²) in [6.07, 6.45) is 0. The number of hydrogen-bond donors (Lipinski definition) is 2. The van der Waals surface area contributed by atoms with E-state index in [1.807, 2.05) is 6.92 Å². The number of nitrogens with one attached hydrogen (secondary N) is 2. The molecule has 0 aliphatic carbocycles. The highest BCUT2D eigenvalue weighted by molar-refractivity contribution is 6.34. The van der Waals surface area contributed by atoms with Crippen LogP contribution < -0.4 is 15.4 Å². The fourth-order valence-corrected chi connectivity index (χ4v) is 2.10. The van der Waals surface area contributed by atoms with Gasteiger partial charge in [-0.05, 0) is 18.7 Å². The lowest BCUT2D eigenvalue weighted by molar-refractivity contribution is -0.117. The van der Waals surface area contributed by atoms with Gasteiger partial charge in [-0.1, -0.05) is 18.5 Å². The van der Waals surface area contributed by atoms with Gasteiger partial charge in [0.15, 0.2) is 0 Å². The summed E-state index contributed by atoms with van der Waals surface area (Å²) < 4.78 is 5.25. The number of fused-ring (bicyclic) bond motifs is 1. The Balaban J connectivity index is 2.53. The van der Waals surface area contributed by atoms with Gasteiger partial charge in [-0.25, -0.2) is 0 Å². The number of methoxy groups -OCH3 is 1. The lowest BCUT2D eigenvalue weighted by Crippen LogP contribution is -2.27. The number of amides is 1. The van der Waals surface area contributed by atoms with E-state index in [0.717, 1.165) is 5.56 Å². The van der Waals surface area contributed by atoms with E-state index in [9.17, 15) is 4.79 Å². The van der Waals surface area contributed by atoms with Gasteiger partial charge in [-0.2, -0.15) is 0 Å². The molecule has 0 fully saturated rings. The van der Waals surface area contributed by atoms with E-state index in [1.54, 1.807) is 19.2 Å². The Morgan fingerprint density at radius 3 is 2.94 bits per heavy atom. The summed E-state index contributed by atoms with van der Waals surface area (Å²) in [6, 6.07) is 3.10. The normalized spacial score (nSPS) is 18.2. The number of carbonyl (C=O) groups excluding carboxylic acids is 1. The quantitative estimate of drug-likeness (QED) is 0.849. The number of halogens is 1. The van der Waals surface area contributed by atoms with E-state index in [0.29, 0.717) is 23.0 Å². The Morgan fingerprint density at radius 1 is 1.56 bits per heavy atom. The van der Waals surface area contributed by atoms with Crippen molar-refractivity contribution in [2.45, 2.75) is 13.0 Å². The van der Waals surface area contributed by atoms with Gasteiger partial charge in [0.05, 0.1) is 17.8 Å². The topological polar surface area (TPSA) is 50.4 Å². The van der Waals surface area contributed by atoms with Crippen molar-refractivity contribution in [3.63, 3.8) is 0 Å². The van der Waals surface area contributed by atoms with Crippen molar-refractivity contribution in [3.8, 4) is 5.75 Å². The summed E-state index contributed by atoms with van der Waals surface area (Å²) in [4.78, 5) is 11.8. The summed E-state index contributed by atoms with van der Waals surface area (Å²) in [5.74, 6) is 0.576. The first-order valence-electron chi connectivity index (χ1n) is 5.09. The minimum Gasteiger partial charge on any atom is -0.496 e. The second kappa shape index (κ2) is 4.31. The molecule has 1 aliphatic heterocycles. The first-order chi connectivity index (χ1) is 7.69. The average Bonchev–Trinajstić information content (AvgIpc) is 2.59. The zero-order valence-corrected chi connectivity index (χ0v) is 9.89. The Labute approximate surface area is 98.9 Å². The third-order valence-corrected chi connectivity index (χ3v) is 2.90. The van der Waals surface area contributed by atoms with E-state index in [-0.39, 0.29) is 11.9 Å². The molecule has 0 bridgehead atoms. The molecule has 0 saturated heterocycles. The predicted octanol–water partition coefficient (Wildman–Crippen LogP) is 1.95. The standard InChI is InChI=1S/C11H13ClN2O2/c1-3-13-10-8-7(16-2)5-4-6(12)9(8)14-11(10)15/h4-5,10,13H,3H2,1-2H3,(H,14,15). The van der Waals surface area contributed by atoms with Gasteiger partial charge >= 0.3 is 0 Å². The molecule has 86 valence electrons. The third kappa shape index (κ3) is 1.64. The number of hydrogen-bond acceptors (Lipinski definition) is 3. The molecule has 4 nitrogen and oxygen atoms in total. The van der Waals surface area contributed by atoms with Gasteiger partial charge in [-0.3, -0.25) is 4.79 Å². The maximum atomic E-state index is 11.8. The summed E-state index contributed by atoms with van der Waals surface area (Å²) in [5, 5.41) is 6.40. The van der Waals surface area contributed by atoms with Crippen LogP contribution in [0, 0.1) is 0 Å². The van der Waals surface area contributed by atoms with Gasteiger partial charge in [0.25, 0.3) is 0 Å². The monoisotopic (exact) mass is 240 g/mol. The minimum absolute atomic E-state index is 0.0942. The van der Waals surface area contributed by atoms with E-state index in [4.69, 9.17) is 16.3 Å². The van der Waals surface area contributed by atoms with Crippen molar-refractivity contribution < 1.29 is 9.53 Å². The smallest absolute Gasteiger partial charge is 0.246 e. The van der Waals surface area contributed by atoms with Crippen LogP contribution in [-0.2, 0) is 4.79 Å². The maximum absolute atomic E-state index is 11.8. The third-order valence-electron chi connectivity index (χ3n) is 2.58. The fourth-order valence-electron chi connectivity index (χ4n) is 1.89. The van der Waals surface area contributed by atoms with E-state index in [2.05, 4.69) is 10.6 Å². The Morgan fingerprint density at radius 2 is 2.31 bits per heavy atom. The molecule has 1 amide bonds. The molecule has 0 radical (unpaired) electrons. The van der Waals surface area contributed by atoms with Crippen LogP contribution >= 0.6 is 11.6 Å². The number of carbonyl (C=O) groups is 1. The Bertz CT molecular complexity index is 434. The molecule has 2 N–H and O–H groups in total. The van der Waals surface area contributed by atoms with E-state index >= 15 is 0 Å². The molecule has 1 aromatic carbocycles. The van der Waals surface area contributed by atoms with Crippen LogP contribution in [0.1, 0.15) is 18.5 Å². The largest absolute Gasteiger partial charge is 0.496 e. The molecule has 16 heavy (non-hydrogen) atoms. The van der Waals surface area contributed by atoms with Crippen LogP contribution in [0.15, 0.2) is 12.1 Å². The molecule has 1 unspecified atom stereocenters. The second-order valence-electron chi connectivity index (χ2n) is 3.52. The first kappa shape index (κ1) is 11.2. The average molecular weight is 241 g/mol. The lowest BCUT2D eigenvalue weighted by atomic mass is 10.1. The van der Waals surface area contributed by atoms with Crippen LogP contribution in [0.4, 0.5) is 5.69 Å². The number of likely N-dealkylation sites (N-methyl/N-ethyl adjacent to an activating group) is 1. The maximum Gasteiger partial charge on any atom is 0.246 e. The highest BCUT2D eigenvalue weighted by atomic mass is 35.5. The fraction of sp³-hybridized carbons (Fsp3) is 0.364. The molecule has 1 atom stereocenters.